The van der Waals surface area contributed by atoms with Crippen LogP contribution in [0.5, 0.6) is 0 Å². The van der Waals surface area contributed by atoms with Crippen molar-refractivity contribution in [3.63, 3.8) is 0 Å². The van der Waals surface area contributed by atoms with E-state index in [0.29, 0.717) is 11.0 Å². The van der Waals surface area contributed by atoms with Crippen molar-refractivity contribution in [3.8, 4) is 0 Å². The van der Waals surface area contributed by atoms with Crippen LogP contribution in [0.25, 0.3) is 11.0 Å². The van der Waals surface area contributed by atoms with E-state index in [2.05, 4.69) is 5.16 Å². The van der Waals surface area contributed by atoms with Crippen LogP contribution in [0.1, 0.15) is 10.4 Å². The Morgan fingerprint density at radius 3 is 3.00 bits per heavy atom. The Kier molecular flexibility index (Phi) is 1.45. The first-order valence-corrected chi connectivity index (χ1v) is 3.56. The zero-order valence-electron chi connectivity index (χ0n) is 6.52. The molecule has 1 aromatic carbocycles. The average Bonchev–Trinajstić information content (AvgIpc) is 2.52. The van der Waals surface area contributed by atoms with Crippen molar-refractivity contribution in [2.45, 2.75) is 0 Å². The van der Waals surface area contributed by atoms with Crippen molar-refractivity contribution < 1.29 is 14.4 Å². The van der Waals surface area contributed by atoms with Gasteiger partial charge in [0.1, 0.15) is 0 Å². The molecule has 0 unspecified atom stereocenters. The molecule has 2 rings (SSSR count). The lowest BCUT2D eigenvalue weighted by atomic mass is 10.1. The third-order valence-corrected chi connectivity index (χ3v) is 1.79. The van der Waals surface area contributed by atoms with Crippen LogP contribution in [-0.2, 0) is 0 Å². The van der Waals surface area contributed by atoms with Crippen LogP contribution in [0.15, 0.2) is 22.9 Å². The van der Waals surface area contributed by atoms with Crippen LogP contribution in [0.2, 0.25) is 0 Å². The molecule has 0 radical (unpaired) electrons. The predicted octanol–water partition coefficient (Wildman–Crippen LogP) is 1.11. The summed E-state index contributed by atoms with van der Waals surface area (Å²) in [5.74, 6) is -1.07. The summed E-state index contributed by atoms with van der Waals surface area (Å²) in [5, 5.41) is 12.9. The van der Waals surface area contributed by atoms with Gasteiger partial charge in [0.15, 0.2) is 5.58 Å². The number of rotatable bonds is 1. The number of aromatic carboxylic acids is 1. The average molecular weight is 178 g/mol. The highest BCUT2D eigenvalue weighted by atomic mass is 16.5. The lowest BCUT2D eigenvalue weighted by Gasteiger charge is -1.98. The molecule has 5 nitrogen and oxygen atoms in total. The van der Waals surface area contributed by atoms with Crippen molar-refractivity contribution in [2.24, 2.45) is 0 Å². The van der Waals surface area contributed by atoms with Crippen LogP contribution in [0.4, 0.5) is 5.69 Å². The predicted molar refractivity (Wildman–Crippen MR) is 45.4 cm³/mol. The third-order valence-electron chi connectivity index (χ3n) is 1.79. The maximum atomic E-state index is 10.6. The van der Waals surface area contributed by atoms with E-state index in [0.717, 1.165) is 0 Å². The number of hydrogen-bond donors (Lipinski definition) is 2. The smallest absolute Gasteiger partial charge is 0.337 e. The van der Waals surface area contributed by atoms with Gasteiger partial charge in [-0.2, -0.15) is 0 Å². The van der Waals surface area contributed by atoms with Gasteiger partial charge in [-0.05, 0) is 12.1 Å². The number of carboxylic acid groups (broad SMARTS) is 1. The molecule has 0 amide bonds. The molecule has 0 aliphatic rings. The lowest BCUT2D eigenvalue weighted by molar-refractivity contribution is 0.0698. The zero-order valence-corrected chi connectivity index (χ0v) is 6.52. The first kappa shape index (κ1) is 7.60. The van der Waals surface area contributed by atoms with Gasteiger partial charge in [-0.15, -0.1) is 0 Å². The summed E-state index contributed by atoms with van der Waals surface area (Å²) in [4.78, 5) is 10.6. The number of hydrogen-bond acceptors (Lipinski definition) is 4. The van der Waals surface area contributed by atoms with Crippen LogP contribution in [0.3, 0.4) is 0 Å². The molecule has 2 aromatic rings. The van der Waals surface area contributed by atoms with Gasteiger partial charge in [0.2, 0.25) is 0 Å². The zero-order chi connectivity index (χ0) is 9.42. The largest absolute Gasteiger partial charge is 0.478 e. The van der Waals surface area contributed by atoms with E-state index in [1.54, 1.807) is 6.07 Å². The minimum atomic E-state index is -1.07. The second-order valence-corrected chi connectivity index (χ2v) is 2.58. The second kappa shape index (κ2) is 2.48. The number of anilines is 1. The molecule has 0 atom stereocenters. The molecule has 3 N–H and O–H groups in total. The van der Waals surface area contributed by atoms with Crippen molar-refractivity contribution in [2.75, 3.05) is 5.73 Å². The number of carboxylic acids is 1. The number of aromatic nitrogens is 1. The summed E-state index contributed by atoms with van der Waals surface area (Å²) in [5.41, 5.74) is 6.01. The SMILES string of the molecule is Nc1c(C(=O)O)ccc2cnoc12. The standard InChI is InChI=1S/C8H6N2O3/c9-6-5(8(11)12)2-1-4-3-10-13-7(4)6/h1-3H,9H2,(H,11,12). The fraction of sp³-hybridized carbons (Fsp3) is 0. The molecule has 0 saturated heterocycles. The Morgan fingerprint density at radius 2 is 2.31 bits per heavy atom. The van der Waals surface area contributed by atoms with Gasteiger partial charge in [0.05, 0.1) is 17.4 Å². The number of fused-ring (bicyclic) bond motifs is 1. The molecule has 0 aliphatic carbocycles. The fourth-order valence-corrected chi connectivity index (χ4v) is 1.14. The van der Waals surface area contributed by atoms with Gasteiger partial charge in [-0.25, -0.2) is 4.79 Å². The molecule has 0 fully saturated rings. The summed E-state index contributed by atoms with van der Waals surface area (Å²) in [6.07, 6.45) is 1.48. The molecular weight excluding hydrogens is 172 g/mol. The molecule has 66 valence electrons. The van der Waals surface area contributed by atoms with Crippen molar-refractivity contribution in [3.05, 3.63) is 23.9 Å². The highest BCUT2D eigenvalue weighted by Gasteiger charge is 2.12. The Labute approximate surface area is 72.7 Å². The molecule has 1 aromatic heterocycles. The van der Waals surface area contributed by atoms with E-state index < -0.39 is 5.97 Å². The summed E-state index contributed by atoms with van der Waals surface area (Å²) in [6, 6.07) is 3.03. The van der Waals surface area contributed by atoms with Crippen molar-refractivity contribution in [1.82, 2.24) is 5.16 Å². The van der Waals surface area contributed by atoms with Crippen LogP contribution >= 0.6 is 0 Å². The van der Waals surface area contributed by atoms with Gasteiger partial charge >= 0.3 is 5.97 Å². The minimum Gasteiger partial charge on any atom is -0.478 e. The van der Waals surface area contributed by atoms with Gasteiger partial charge in [0.25, 0.3) is 0 Å². The first-order chi connectivity index (χ1) is 6.20. The molecule has 0 spiro atoms. The third kappa shape index (κ3) is 1.01. The Morgan fingerprint density at radius 1 is 1.54 bits per heavy atom. The lowest BCUT2D eigenvalue weighted by Crippen LogP contribution is -2.01. The van der Waals surface area contributed by atoms with E-state index in [4.69, 9.17) is 15.4 Å². The highest BCUT2D eigenvalue weighted by Crippen LogP contribution is 2.24. The van der Waals surface area contributed by atoms with Crippen molar-refractivity contribution in [1.29, 1.82) is 0 Å². The van der Waals surface area contributed by atoms with Gasteiger partial charge in [-0.1, -0.05) is 5.16 Å². The second-order valence-electron chi connectivity index (χ2n) is 2.58. The van der Waals surface area contributed by atoms with Gasteiger partial charge in [0, 0.05) is 5.39 Å². The van der Waals surface area contributed by atoms with Crippen LogP contribution < -0.4 is 5.73 Å². The highest BCUT2D eigenvalue weighted by molar-refractivity contribution is 6.02. The maximum absolute atomic E-state index is 10.6. The van der Waals surface area contributed by atoms with E-state index in [-0.39, 0.29) is 11.3 Å². The summed E-state index contributed by atoms with van der Waals surface area (Å²) < 4.78 is 4.80. The quantitative estimate of drug-likeness (QED) is 0.638. The van der Waals surface area contributed by atoms with Crippen LogP contribution in [-0.4, -0.2) is 16.2 Å². The molecule has 0 saturated carbocycles. The summed E-state index contributed by atoms with van der Waals surface area (Å²) >= 11 is 0. The Balaban J connectivity index is 2.80. The van der Waals surface area contributed by atoms with E-state index >= 15 is 0 Å². The van der Waals surface area contributed by atoms with E-state index in [1.165, 1.54) is 12.3 Å². The van der Waals surface area contributed by atoms with E-state index in [9.17, 15) is 4.79 Å². The molecule has 13 heavy (non-hydrogen) atoms. The van der Waals surface area contributed by atoms with E-state index in [1.807, 2.05) is 0 Å². The summed E-state index contributed by atoms with van der Waals surface area (Å²) in [6.45, 7) is 0. The first-order valence-electron chi connectivity index (χ1n) is 3.56. The molecule has 0 aliphatic heterocycles. The Bertz CT molecular complexity index is 475. The normalized spacial score (nSPS) is 10.5. The molecule has 5 heteroatoms. The maximum Gasteiger partial charge on any atom is 0.337 e. The number of benzene rings is 1. The number of nitrogens with zero attached hydrogens (tertiary/aromatic N) is 1. The molecular formula is C8H6N2O3. The van der Waals surface area contributed by atoms with Gasteiger partial charge < -0.3 is 15.4 Å². The number of carbonyl (C=O) groups is 1. The minimum absolute atomic E-state index is 0.0317. The fourth-order valence-electron chi connectivity index (χ4n) is 1.14. The number of nitrogens with two attached hydrogens (primary N) is 1. The van der Waals surface area contributed by atoms with Gasteiger partial charge in [-0.3, -0.25) is 0 Å². The Hall–Kier alpha value is -2.04. The van der Waals surface area contributed by atoms with Crippen LogP contribution in [0, 0.1) is 0 Å². The van der Waals surface area contributed by atoms with Crippen molar-refractivity contribution >= 4 is 22.6 Å². The summed E-state index contributed by atoms with van der Waals surface area (Å²) in [7, 11) is 0. The topological polar surface area (TPSA) is 89.4 Å². The number of nitrogen functional groups attached to an aromatic ring is 1. The monoisotopic (exact) mass is 178 g/mol. The molecule has 1 heterocycles. The molecule has 0 bridgehead atoms.